The molecular formula is C8H19N. The molecule has 0 unspecified atom stereocenters. The summed E-state index contributed by atoms with van der Waals surface area (Å²) in [5.74, 6) is 0.856. The van der Waals surface area contributed by atoms with E-state index in [1.54, 1.807) is 0 Å². The average molecular weight is 129 g/mol. The Morgan fingerprint density at radius 3 is 2.56 bits per heavy atom. The number of unbranched alkanes of at least 4 members (excludes halogenated alkanes) is 1. The van der Waals surface area contributed by atoms with E-state index < -0.39 is 0 Å². The maximum atomic E-state index is 3.18. The van der Waals surface area contributed by atoms with Gasteiger partial charge in [-0.05, 0) is 25.9 Å². The smallest absolute Gasteiger partial charge is 0.00262 e. The van der Waals surface area contributed by atoms with Crippen LogP contribution in [0, 0.1) is 5.92 Å². The van der Waals surface area contributed by atoms with Crippen LogP contribution in [0.25, 0.3) is 0 Å². The minimum atomic E-state index is 0.856. The van der Waals surface area contributed by atoms with E-state index in [1.165, 1.54) is 25.8 Å². The van der Waals surface area contributed by atoms with Crippen LogP contribution in [0.2, 0.25) is 0 Å². The van der Waals surface area contributed by atoms with Gasteiger partial charge in [-0.1, -0.05) is 26.7 Å². The van der Waals surface area contributed by atoms with Gasteiger partial charge in [-0.25, -0.2) is 0 Å². The second kappa shape index (κ2) is 6.09. The summed E-state index contributed by atoms with van der Waals surface area (Å²) >= 11 is 0. The van der Waals surface area contributed by atoms with Crippen molar-refractivity contribution in [3.63, 3.8) is 0 Å². The molecule has 1 nitrogen and oxygen atoms in total. The van der Waals surface area contributed by atoms with Gasteiger partial charge in [0.1, 0.15) is 0 Å². The van der Waals surface area contributed by atoms with Crippen LogP contribution < -0.4 is 5.32 Å². The summed E-state index contributed by atoms with van der Waals surface area (Å²) in [6, 6.07) is 0. The highest BCUT2D eigenvalue weighted by molar-refractivity contribution is 4.53. The summed E-state index contributed by atoms with van der Waals surface area (Å²) in [6.07, 6.45) is 4.08. The highest BCUT2D eigenvalue weighted by Crippen LogP contribution is 2.05. The molecular weight excluding hydrogens is 110 g/mol. The second-order valence-electron chi connectivity index (χ2n) is 2.81. The van der Waals surface area contributed by atoms with E-state index >= 15 is 0 Å². The minimum Gasteiger partial charge on any atom is -0.319 e. The van der Waals surface area contributed by atoms with Gasteiger partial charge in [0.25, 0.3) is 0 Å². The molecule has 0 aliphatic heterocycles. The predicted molar refractivity (Wildman–Crippen MR) is 42.6 cm³/mol. The van der Waals surface area contributed by atoms with E-state index in [0.29, 0.717) is 0 Å². The molecule has 1 atom stereocenters. The Labute approximate surface area is 58.8 Å². The normalized spacial score (nSPS) is 13.7. The van der Waals surface area contributed by atoms with Crippen LogP contribution in [0.4, 0.5) is 0 Å². The van der Waals surface area contributed by atoms with Crippen LogP contribution in [0.5, 0.6) is 0 Å². The van der Waals surface area contributed by atoms with Gasteiger partial charge in [-0.15, -0.1) is 0 Å². The largest absolute Gasteiger partial charge is 0.319 e. The highest BCUT2D eigenvalue weighted by Gasteiger charge is 1.97. The molecule has 0 radical (unpaired) electrons. The van der Waals surface area contributed by atoms with Crippen molar-refractivity contribution >= 4 is 0 Å². The fourth-order valence-electron chi connectivity index (χ4n) is 1.00. The summed E-state index contributed by atoms with van der Waals surface area (Å²) < 4.78 is 0. The molecule has 0 amide bonds. The fraction of sp³-hybridized carbons (Fsp3) is 1.00. The van der Waals surface area contributed by atoms with Crippen LogP contribution in [-0.2, 0) is 0 Å². The van der Waals surface area contributed by atoms with Crippen molar-refractivity contribution in [3.8, 4) is 0 Å². The summed E-state index contributed by atoms with van der Waals surface area (Å²) in [7, 11) is 2.02. The van der Waals surface area contributed by atoms with Gasteiger partial charge >= 0.3 is 0 Å². The van der Waals surface area contributed by atoms with E-state index in [9.17, 15) is 0 Å². The Kier molecular flexibility index (Phi) is 6.06. The maximum Gasteiger partial charge on any atom is -0.00262 e. The van der Waals surface area contributed by atoms with E-state index in [-0.39, 0.29) is 0 Å². The number of rotatable bonds is 5. The van der Waals surface area contributed by atoms with Crippen molar-refractivity contribution in [3.05, 3.63) is 0 Å². The Morgan fingerprint density at radius 1 is 1.44 bits per heavy atom. The molecule has 1 heteroatoms. The molecule has 0 saturated heterocycles. The van der Waals surface area contributed by atoms with Gasteiger partial charge in [-0.3, -0.25) is 0 Å². The van der Waals surface area contributed by atoms with Crippen molar-refractivity contribution < 1.29 is 0 Å². The van der Waals surface area contributed by atoms with Gasteiger partial charge in [0.05, 0.1) is 0 Å². The lowest BCUT2D eigenvalue weighted by Gasteiger charge is -2.08. The SMILES string of the molecule is CCCC[C@@H](C)CNC. The minimum absolute atomic E-state index is 0.856. The van der Waals surface area contributed by atoms with Crippen LogP contribution in [0.1, 0.15) is 33.1 Å². The fourth-order valence-corrected chi connectivity index (χ4v) is 1.00. The van der Waals surface area contributed by atoms with E-state index in [2.05, 4.69) is 19.2 Å². The Balaban J connectivity index is 2.95. The van der Waals surface area contributed by atoms with Gasteiger partial charge in [0.2, 0.25) is 0 Å². The molecule has 9 heavy (non-hydrogen) atoms. The predicted octanol–water partition coefficient (Wildman–Crippen LogP) is 2.03. The lowest BCUT2D eigenvalue weighted by atomic mass is 10.1. The number of hydrogen-bond acceptors (Lipinski definition) is 1. The van der Waals surface area contributed by atoms with Gasteiger partial charge in [0.15, 0.2) is 0 Å². The molecule has 0 aromatic heterocycles. The molecule has 0 aliphatic carbocycles. The zero-order valence-corrected chi connectivity index (χ0v) is 6.91. The molecule has 0 aliphatic rings. The Morgan fingerprint density at radius 2 is 2.11 bits per heavy atom. The topological polar surface area (TPSA) is 12.0 Å². The van der Waals surface area contributed by atoms with Crippen LogP contribution in [0.15, 0.2) is 0 Å². The van der Waals surface area contributed by atoms with Crippen molar-refractivity contribution in [2.75, 3.05) is 13.6 Å². The van der Waals surface area contributed by atoms with Crippen molar-refractivity contribution in [1.29, 1.82) is 0 Å². The zero-order chi connectivity index (χ0) is 7.11. The van der Waals surface area contributed by atoms with Gasteiger partial charge in [-0.2, -0.15) is 0 Å². The second-order valence-corrected chi connectivity index (χ2v) is 2.81. The van der Waals surface area contributed by atoms with Crippen molar-refractivity contribution in [2.45, 2.75) is 33.1 Å². The first-order valence-corrected chi connectivity index (χ1v) is 3.95. The summed E-state index contributed by atoms with van der Waals surface area (Å²) in [6.45, 7) is 5.71. The highest BCUT2D eigenvalue weighted by atomic mass is 14.8. The third kappa shape index (κ3) is 5.84. The Bertz CT molecular complexity index is 52.5. The molecule has 0 fully saturated rings. The molecule has 56 valence electrons. The summed E-state index contributed by atoms with van der Waals surface area (Å²) in [5.41, 5.74) is 0. The average Bonchev–Trinajstić information content (AvgIpc) is 1.85. The van der Waals surface area contributed by atoms with Crippen molar-refractivity contribution in [1.82, 2.24) is 5.32 Å². The lowest BCUT2D eigenvalue weighted by molar-refractivity contribution is 0.483. The van der Waals surface area contributed by atoms with Gasteiger partial charge < -0.3 is 5.32 Å². The van der Waals surface area contributed by atoms with Crippen molar-refractivity contribution in [2.24, 2.45) is 5.92 Å². The summed E-state index contributed by atoms with van der Waals surface area (Å²) in [4.78, 5) is 0. The monoisotopic (exact) mass is 129 g/mol. The van der Waals surface area contributed by atoms with E-state index in [4.69, 9.17) is 0 Å². The molecule has 0 rings (SSSR count). The first kappa shape index (κ1) is 8.96. The van der Waals surface area contributed by atoms with Gasteiger partial charge in [0, 0.05) is 0 Å². The third-order valence-electron chi connectivity index (χ3n) is 1.60. The number of hydrogen-bond donors (Lipinski definition) is 1. The molecule has 0 aromatic carbocycles. The maximum absolute atomic E-state index is 3.18. The molecule has 0 saturated carbocycles. The number of nitrogens with one attached hydrogen (secondary N) is 1. The van der Waals surface area contributed by atoms with E-state index in [0.717, 1.165) is 5.92 Å². The molecule has 0 aromatic rings. The van der Waals surface area contributed by atoms with Crippen LogP contribution >= 0.6 is 0 Å². The summed E-state index contributed by atoms with van der Waals surface area (Å²) in [5, 5.41) is 3.18. The Hall–Kier alpha value is -0.0400. The van der Waals surface area contributed by atoms with Crippen LogP contribution in [-0.4, -0.2) is 13.6 Å². The quantitative estimate of drug-likeness (QED) is 0.599. The molecule has 0 bridgehead atoms. The first-order valence-electron chi connectivity index (χ1n) is 3.95. The van der Waals surface area contributed by atoms with Crippen LogP contribution in [0.3, 0.4) is 0 Å². The molecule has 0 heterocycles. The lowest BCUT2D eigenvalue weighted by Crippen LogP contribution is -2.15. The molecule has 1 N–H and O–H groups in total. The third-order valence-corrected chi connectivity index (χ3v) is 1.60. The van der Waals surface area contributed by atoms with E-state index in [1.807, 2.05) is 7.05 Å². The molecule has 0 spiro atoms. The first-order chi connectivity index (χ1) is 4.31. The standard InChI is InChI=1S/C8H19N/c1-4-5-6-8(2)7-9-3/h8-9H,4-7H2,1-3H3/t8-/m1/s1. The zero-order valence-electron chi connectivity index (χ0n) is 6.91.